The minimum absolute atomic E-state index is 0.00238. The Bertz CT molecular complexity index is 481. The Balaban J connectivity index is 1.77. The molecule has 0 spiro atoms. The molecule has 1 aliphatic heterocycles. The molecule has 1 saturated heterocycles. The summed E-state index contributed by atoms with van der Waals surface area (Å²) in [6, 6.07) is 6.24. The molecule has 0 radical (unpaired) electrons. The molecule has 116 valence electrons. The summed E-state index contributed by atoms with van der Waals surface area (Å²) in [7, 11) is 0. The van der Waals surface area contributed by atoms with Gasteiger partial charge in [0.15, 0.2) is 0 Å². The molecule has 1 amide bonds. The summed E-state index contributed by atoms with van der Waals surface area (Å²) in [5, 5.41) is 0. The minimum Gasteiger partial charge on any atom is -0.444 e. The van der Waals surface area contributed by atoms with Gasteiger partial charge in [-0.3, -0.25) is 0 Å². The van der Waals surface area contributed by atoms with Crippen molar-refractivity contribution in [1.82, 2.24) is 4.90 Å². The molecular weight excluding hydrogens is 273 g/mol. The van der Waals surface area contributed by atoms with E-state index in [1.54, 1.807) is 17.0 Å². The highest BCUT2D eigenvalue weighted by Gasteiger charge is 2.30. The van der Waals surface area contributed by atoms with E-state index in [4.69, 9.17) is 9.47 Å². The molecule has 4 nitrogen and oxygen atoms in total. The lowest BCUT2D eigenvalue weighted by Gasteiger charge is -2.24. The van der Waals surface area contributed by atoms with E-state index in [1.165, 1.54) is 12.1 Å². The maximum atomic E-state index is 12.8. The number of ether oxygens (including phenoxy) is 2. The number of hydrogen-bond acceptors (Lipinski definition) is 3. The maximum Gasteiger partial charge on any atom is 0.410 e. The minimum atomic E-state index is -0.482. The fourth-order valence-electron chi connectivity index (χ4n) is 2.15. The summed E-state index contributed by atoms with van der Waals surface area (Å²) in [6.45, 7) is 7.16. The standard InChI is InChI=1S/C16H22FNO3/c1-16(2,3)21-15(19)18-9-8-14(10-18)20-11-12-4-6-13(17)7-5-12/h4-7,14H,8-11H2,1-3H3. The third kappa shape index (κ3) is 5.01. The summed E-state index contributed by atoms with van der Waals surface area (Å²) >= 11 is 0. The Hall–Kier alpha value is -1.62. The number of carbonyl (C=O) groups excluding carboxylic acids is 1. The molecule has 1 aliphatic rings. The molecule has 0 aliphatic carbocycles. The molecule has 1 heterocycles. The number of benzene rings is 1. The van der Waals surface area contributed by atoms with Crippen molar-refractivity contribution in [1.29, 1.82) is 0 Å². The molecule has 0 aromatic heterocycles. The average Bonchev–Trinajstić information content (AvgIpc) is 2.85. The number of likely N-dealkylation sites (tertiary alicyclic amines) is 1. The summed E-state index contributed by atoms with van der Waals surface area (Å²) in [6.07, 6.45) is 0.499. The van der Waals surface area contributed by atoms with Crippen LogP contribution in [0.5, 0.6) is 0 Å². The van der Waals surface area contributed by atoms with Gasteiger partial charge < -0.3 is 14.4 Å². The molecule has 1 unspecified atom stereocenters. The summed E-state index contributed by atoms with van der Waals surface area (Å²) < 4.78 is 23.9. The number of hydrogen-bond donors (Lipinski definition) is 0. The van der Waals surface area contributed by atoms with Gasteiger partial charge in [0.1, 0.15) is 11.4 Å². The van der Waals surface area contributed by atoms with E-state index in [2.05, 4.69) is 0 Å². The van der Waals surface area contributed by atoms with Crippen LogP contribution in [0.25, 0.3) is 0 Å². The molecule has 21 heavy (non-hydrogen) atoms. The van der Waals surface area contributed by atoms with E-state index in [1.807, 2.05) is 20.8 Å². The quantitative estimate of drug-likeness (QED) is 0.858. The lowest BCUT2D eigenvalue weighted by atomic mass is 10.2. The van der Waals surface area contributed by atoms with Gasteiger partial charge in [-0.25, -0.2) is 9.18 Å². The SMILES string of the molecule is CC(C)(C)OC(=O)N1CCC(OCc2ccc(F)cc2)C1. The second kappa shape index (κ2) is 6.43. The van der Waals surface area contributed by atoms with Crippen LogP contribution in [0.3, 0.4) is 0 Å². The molecule has 0 N–H and O–H groups in total. The number of amides is 1. The zero-order valence-electron chi connectivity index (χ0n) is 12.8. The summed E-state index contributed by atoms with van der Waals surface area (Å²) in [4.78, 5) is 13.6. The maximum absolute atomic E-state index is 12.8. The first-order valence-corrected chi connectivity index (χ1v) is 7.17. The second-order valence-electron chi connectivity index (χ2n) is 6.27. The van der Waals surface area contributed by atoms with E-state index in [0.29, 0.717) is 19.7 Å². The first-order valence-electron chi connectivity index (χ1n) is 7.17. The van der Waals surface area contributed by atoms with Gasteiger partial charge in [0.05, 0.1) is 19.3 Å². The van der Waals surface area contributed by atoms with Crippen molar-refractivity contribution < 1.29 is 18.7 Å². The highest BCUT2D eigenvalue weighted by molar-refractivity contribution is 5.68. The molecule has 1 atom stereocenters. The molecule has 5 heteroatoms. The number of halogens is 1. The van der Waals surface area contributed by atoms with Gasteiger partial charge >= 0.3 is 6.09 Å². The van der Waals surface area contributed by atoms with E-state index in [-0.39, 0.29) is 18.0 Å². The van der Waals surface area contributed by atoms with Gasteiger partial charge in [0.2, 0.25) is 0 Å². The van der Waals surface area contributed by atoms with Crippen molar-refractivity contribution in [3.63, 3.8) is 0 Å². The van der Waals surface area contributed by atoms with Gasteiger partial charge in [0.25, 0.3) is 0 Å². The normalized spacial score (nSPS) is 18.9. The predicted molar refractivity (Wildman–Crippen MR) is 77.4 cm³/mol. The van der Waals surface area contributed by atoms with Crippen molar-refractivity contribution in [3.8, 4) is 0 Å². The fraction of sp³-hybridized carbons (Fsp3) is 0.562. The first kappa shape index (κ1) is 15.8. The second-order valence-corrected chi connectivity index (χ2v) is 6.27. The summed E-state index contributed by atoms with van der Waals surface area (Å²) in [5.41, 5.74) is 0.441. The van der Waals surface area contributed by atoms with Crippen LogP contribution in [0.1, 0.15) is 32.8 Å². The Morgan fingerprint density at radius 1 is 1.33 bits per heavy atom. The van der Waals surface area contributed by atoms with Gasteiger partial charge in [-0.2, -0.15) is 0 Å². The molecule has 1 fully saturated rings. The Kier molecular flexibility index (Phi) is 4.83. The van der Waals surface area contributed by atoms with Crippen LogP contribution in [0.15, 0.2) is 24.3 Å². The largest absolute Gasteiger partial charge is 0.444 e. The average molecular weight is 295 g/mol. The number of carbonyl (C=O) groups is 1. The van der Waals surface area contributed by atoms with Crippen LogP contribution in [-0.2, 0) is 16.1 Å². The highest BCUT2D eigenvalue weighted by atomic mass is 19.1. The van der Waals surface area contributed by atoms with Gasteiger partial charge in [-0.15, -0.1) is 0 Å². The van der Waals surface area contributed by atoms with E-state index in [0.717, 1.165) is 12.0 Å². The third-order valence-electron chi connectivity index (χ3n) is 3.20. The first-order chi connectivity index (χ1) is 9.83. The smallest absolute Gasteiger partial charge is 0.410 e. The molecular formula is C16H22FNO3. The molecule has 1 aromatic rings. The predicted octanol–water partition coefficient (Wildman–Crippen LogP) is 3.35. The van der Waals surface area contributed by atoms with Crippen LogP contribution < -0.4 is 0 Å². The monoisotopic (exact) mass is 295 g/mol. The lowest BCUT2D eigenvalue weighted by molar-refractivity contribution is 0.0184. The Labute approximate surface area is 124 Å². The summed E-state index contributed by atoms with van der Waals surface area (Å²) in [5.74, 6) is -0.254. The van der Waals surface area contributed by atoms with Crippen molar-refractivity contribution in [2.24, 2.45) is 0 Å². The van der Waals surface area contributed by atoms with Gasteiger partial charge in [-0.1, -0.05) is 12.1 Å². The zero-order valence-corrected chi connectivity index (χ0v) is 12.8. The molecule has 2 rings (SSSR count). The van der Waals surface area contributed by atoms with Crippen molar-refractivity contribution in [2.45, 2.75) is 45.5 Å². The Morgan fingerprint density at radius 2 is 2.00 bits per heavy atom. The van der Waals surface area contributed by atoms with Crippen LogP contribution in [0, 0.1) is 5.82 Å². The fourth-order valence-corrected chi connectivity index (χ4v) is 2.15. The van der Waals surface area contributed by atoms with E-state index >= 15 is 0 Å². The highest BCUT2D eigenvalue weighted by Crippen LogP contribution is 2.18. The molecule has 0 bridgehead atoms. The van der Waals surface area contributed by atoms with Crippen LogP contribution in [0.2, 0.25) is 0 Å². The Morgan fingerprint density at radius 3 is 2.62 bits per heavy atom. The van der Waals surface area contributed by atoms with Crippen molar-refractivity contribution in [3.05, 3.63) is 35.6 Å². The van der Waals surface area contributed by atoms with Crippen molar-refractivity contribution in [2.75, 3.05) is 13.1 Å². The van der Waals surface area contributed by atoms with Crippen LogP contribution >= 0.6 is 0 Å². The molecule has 1 aromatic carbocycles. The van der Waals surface area contributed by atoms with Gasteiger partial charge in [-0.05, 0) is 44.9 Å². The lowest BCUT2D eigenvalue weighted by Crippen LogP contribution is -2.36. The zero-order chi connectivity index (χ0) is 15.5. The van der Waals surface area contributed by atoms with E-state index in [9.17, 15) is 9.18 Å². The van der Waals surface area contributed by atoms with Crippen molar-refractivity contribution >= 4 is 6.09 Å². The number of nitrogens with zero attached hydrogens (tertiary/aromatic N) is 1. The van der Waals surface area contributed by atoms with Gasteiger partial charge in [0, 0.05) is 6.54 Å². The molecule has 0 saturated carbocycles. The topological polar surface area (TPSA) is 38.8 Å². The van der Waals surface area contributed by atoms with E-state index < -0.39 is 5.60 Å². The van der Waals surface area contributed by atoms with Crippen LogP contribution in [-0.4, -0.2) is 35.8 Å². The third-order valence-corrected chi connectivity index (χ3v) is 3.20. The van der Waals surface area contributed by atoms with Crippen LogP contribution in [0.4, 0.5) is 9.18 Å². The number of rotatable bonds is 3.